The van der Waals surface area contributed by atoms with Crippen molar-refractivity contribution in [2.45, 2.75) is 6.92 Å². The molecule has 0 fully saturated rings. The van der Waals surface area contributed by atoms with Crippen LogP contribution in [0.5, 0.6) is 0 Å². The molecule has 1 amide bonds. The van der Waals surface area contributed by atoms with Crippen LogP contribution in [-0.2, 0) is 0 Å². The highest BCUT2D eigenvalue weighted by Crippen LogP contribution is 2.01. The van der Waals surface area contributed by atoms with Crippen LogP contribution < -0.4 is 10.9 Å². The number of aromatic nitrogens is 1. The molecular formula is C7H9N3O2S2. The van der Waals surface area contributed by atoms with Crippen LogP contribution in [0.3, 0.4) is 0 Å². The second kappa shape index (κ2) is 4.97. The monoisotopic (exact) mass is 231 g/mol. The summed E-state index contributed by atoms with van der Waals surface area (Å²) in [6, 6.07) is 1.54. The van der Waals surface area contributed by atoms with Gasteiger partial charge in [-0.2, -0.15) is 0 Å². The van der Waals surface area contributed by atoms with E-state index in [1.807, 2.05) is 0 Å². The van der Waals surface area contributed by atoms with E-state index in [1.54, 1.807) is 19.2 Å². The largest absolute Gasteiger partial charge is 0.351 e. The molecule has 0 aliphatic heterocycles. The van der Waals surface area contributed by atoms with E-state index in [0.29, 0.717) is 10.0 Å². The van der Waals surface area contributed by atoms with Gasteiger partial charge in [0.05, 0.1) is 5.69 Å². The van der Waals surface area contributed by atoms with Crippen molar-refractivity contribution in [3.05, 3.63) is 17.5 Å². The number of carbonyl (C=O) groups is 1. The van der Waals surface area contributed by atoms with Crippen LogP contribution in [0.4, 0.5) is 0 Å². The summed E-state index contributed by atoms with van der Waals surface area (Å²) in [5.41, 5.74) is 5.58. The van der Waals surface area contributed by atoms with Gasteiger partial charge in [-0.1, -0.05) is 29.1 Å². The fraction of sp³-hybridized carbons (Fsp3) is 0.286. The molecule has 0 bridgehead atoms. The Bertz CT molecular complexity index is 350. The first kappa shape index (κ1) is 11.0. The van der Waals surface area contributed by atoms with Crippen molar-refractivity contribution in [1.29, 1.82) is 0 Å². The summed E-state index contributed by atoms with van der Waals surface area (Å²) in [5.74, 6) is -0.249. The Kier molecular flexibility index (Phi) is 3.90. The Morgan fingerprint density at radius 1 is 1.64 bits per heavy atom. The summed E-state index contributed by atoms with van der Waals surface area (Å²) in [4.78, 5) is 11.3. The molecule has 0 saturated carbocycles. The van der Waals surface area contributed by atoms with Gasteiger partial charge in [0, 0.05) is 6.07 Å². The predicted molar refractivity (Wildman–Crippen MR) is 58.0 cm³/mol. The van der Waals surface area contributed by atoms with E-state index in [2.05, 4.69) is 16.0 Å². The highest BCUT2D eigenvalue weighted by molar-refractivity contribution is 8.22. The van der Waals surface area contributed by atoms with Gasteiger partial charge in [-0.15, -0.1) is 0 Å². The van der Waals surface area contributed by atoms with Crippen LogP contribution in [0.2, 0.25) is 0 Å². The van der Waals surface area contributed by atoms with Gasteiger partial charge in [0.25, 0.3) is 0 Å². The molecule has 14 heavy (non-hydrogen) atoms. The maximum Gasteiger partial charge on any atom is 0.308 e. The molecule has 0 unspecified atom stereocenters. The third-order valence-electron chi connectivity index (χ3n) is 1.32. The molecule has 0 radical (unpaired) electrons. The number of rotatable bonds is 1. The first-order valence-corrected chi connectivity index (χ1v) is 5.34. The third-order valence-corrected chi connectivity index (χ3v) is 2.39. The summed E-state index contributed by atoms with van der Waals surface area (Å²) < 4.78 is 5.22. The van der Waals surface area contributed by atoms with Crippen molar-refractivity contribution in [3.8, 4) is 0 Å². The number of hydrogen-bond donors (Lipinski definition) is 2. The molecule has 1 aromatic heterocycles. The van der Waals surface area contributed by atoms with Gasteiger partial charge in [-0.3, -0.25) is 15.6 Å². The molecule has 1 heterocycles. The van der Waals surface area contributed by atoms with Crippen LogP contribution in [-0.4, -0.2) is 21.6 Å². The zero-order valence-corrected chi connectivity index (χ0v) is 9.29. The molecule has 0 saturated heterocycles. The van der Waals surface area contributed by atoms with Gasteiger partial charge < -0.3 is 4.52 Å². The van der Waals surface area contributed by atoms with E-state index in [1.165, 1.54) is 11.8 Å². The summed E-state index contributed by atoms with van der Waals surface area (Å²) in [6.07, 6.45) is 1.81. The number of thiocarbonyl (C=S) groups is 1. The van der Waals surface area contributed by atoms with Crippen LogP contribution >= 0.6 is 24.0 Å². The van der Waals surface area contributed by atoms with E-state index >= 15 is 0 Å². The Labute approximate surface area is 90.6 Å². The number of aryl methyl sites for hydroxylation is 1. The van der Waals surface area contributed by atoms with Crippen molar-refractivity contribution in [3.63, 3.8) is 0 Å². The minimum absolute atomic E-state index is 0.152. The van der Waals surface area contributed by atoms with E-state index in [4.69, 9.17) is 16.7 Å². The van der Waals surface area contributed by atoms with Crippen LogP contribution in [0, 0.1) is 6.92 Å². The molecule has 0 aliphatic rings. The SMILES string of the molecule is CSC(=S)NNC(=O)c1cc(C)no1. The molecule has 76 valence electrons. The van der Waals surface area contributed by atoms with Crippen LogP contribution in [0.25, 0.3) is 0 Å². The zero-order chi connectivity index (χ0) is 10.6. The average Bonchev–Trinajstić information content (AvgIpc) is 2.60. The van der Waals surface area contributed by atoms with Gasteiger partial charge in [-0.05, 0) is 13.2 Å². The van der Waals surface area contributed by atoms with Crippen molar-refractivity contribution in [1.82, 2.24) is 16.0 Å². The first-order valence-electron chi connectivity index (χ1n) is 3.71. The van der Waals surface area contributed by atoms with Crippen LogP contribution in [0.15, 0.2) is 10.6 Å². The van der Waals surface area contributed by atoms with E-state index in [0.717, 1.165) is 0 Å². The van der Waals surface area contributed by atoms with Gasteiger partial charge in [-0.25, -0.2) is 0 Å². The first-order chi connectivity index (χ1) is 6.63. The summed E-state index contributed by atoms with van der Waals surface area (Å²) >= 11 is 6.15. The molecule has 5 nitrogen and oxygen atoms in total. The lowest BCUT2D eigenvalue weighted by Gasteiger charge is -2.04. The molecular weight excluding hydrogens is 222 g/mol. The molecule has 1 rings (SSSR count). The van der Waals surface area contributed by atoms with Gasteiger partial charge in [0.2, 0.25) is 5.76 Å². The fourth-order valence-electron chi connectivity index (χ4n) is 0.691. The molecule has 2 N–H and O–H groups in total. The summed E-state index contributed by atoms with van der Waals surface area (Å²) in [7, 11) is 0. The fourth-order valence-corrected chi connectivity index (χ4v) is 0.895. The number of hydrogen-bond acceptors (Lipinski definition) is 5. The Hall–Kier alpha value is -1.08. The maximum atomic E-state index is 11.3. The highest BCUT2D eigenvalue weighted by atomic mass is 32.2. The second-order valence-corrected chi connectivity index (χ2v) is 3.89. The number of carbonyl (C=O) groups excluding carboxylic acids is 1. The van der Waals surface area contributed by atoms with Gasteiger partial charge in [0.15, 0.2) is 4.32 Å². The molecule has 0 spiro atoms. The quantitative estimate of drug-likeness (QED) is 0.552. The Morgan fingerprint density at radius 3 is 2.86 bits per heavy atom. The predicted octanol–water partition coefficient (Wildman–Crippen LogP) is 0.865. The summed E-state index contributed by atoms with van der Waals surface area (Å²) in [6.45, 7) is 1.74. The minimum Gasteiger partial charge on any atom is -0.351 e. The van der Waals surface area contributed by atoms with Crippen molar-refractivity contribution in [2.24, 2.45) is 0 Å². The molecule has 1 aromatic rings. The third kappa shape index (κ3) is 3.00. The Morgan fingerprint density at radius 2 is 2.36 bits per heavy atom. The van der Waals surface area contributed by atoms with E-state index in [9.17, 15) is 4.79 Å². The lowest BCUT2D eigenvalue weighted by molar-refractivity contribution is 0.0907. The van der Waals surface area contributed by atoms with Crippen molar-refractivity contribution >= 4 is 34.2 Å². The summed E-state index contributed by atoms with van der Waals surface area (Å²) in [5, 5.41) is 3.58. The number of nitrogens with one attached hydrogen (secondary N) is 2. The standard InChI is InChI=1S/C7H9N3O2S2/c1-4-3-5(12-10-4)6(11)8-9-7(13)14-2/h3H,1-2H3,(H,8,11)(H,9,13). The average molecular weight is 231 g/mol. The lowest BCUT2D eigenvalue weighted by atomic mass is 10.4. The smallest absolute Gasteiger partial charge is 0.308 e. The maximum absolute atomic E-state index is 11.3. The zero-order valence-electron chi connectivity index (χ0n) is 7.66. The minimum atomic E-state index is -0.401. The normalized spacial score (nSPS) is 9.57. The number of amides is 1. The number of nitrogens with zero attached hydrogens (tertiary/aromatic N) is 1. The lowest BCUT2D eigenvalue weighted by Crippen LogP contribution is -2.39. The van der Waals surface area contributed by atoms with Gasteiger partial charge >= 0.3 is 5.91 Å². The van der Waals surface area contributed by atoms with Crippen molar-refractivity contribution in [2.75, 3.05) is 6.26 Å². The number of hydrazine groups is 1. The van der Waals surface area contributed by atoms with E-state index < -0.39 is 5.91 Å². The van der Waals surface area contributed by atoms with E-state index in [-0.39, 0.29) is 5.76 Å². The van der Waals surface area contributed by atoms with Crippen LogP contribution in [0.1, 0.15) is 16.2 Å². The molecule has 0 aromatic carbocycles. The number of thioether (sulfide) groups is 1. The molecule has 0 atom stereocenters. The molecule has 0 aliphatic carbocycles. The highest BCUT2D eigenvalue weighted by Gasteiger charge is 2.10. The topological polar surface area (TPSA) is 67.2 Å². The van der Waals surface area contributed by atoms with Crippen molar-refractivity contribution < 1.29 is 9.32 Å². The molecule has 7 heteroatoms. The Balaban J connectivity index is 2.47. The second-order valence-electron chi connectivity index (χ2n) is 2.40. The van der Waals surface area contributed by atoms with Gasteiger partial charge in [0.1, 0.15) is 0 Å².